The van der Waals surface area contributed by atoms with Crippen LogP contribution in [0.2, 0.25) is 0 Å². The number of allylic oxidation sites excluding steroid dienone is 16. The highest BCUT2D eigenvalue weighted by molar-refractivity contribution is 7.47. The average Bonchev–Trinajstić information content (AvgIpc) is 3.17. The van der Waals surface area contributed by atoms with Crippen molar-refractivity contribution in [1.82, 2.24) is 0 Å². The summed E-state index contributed by atoms with van der Waals surface area (Å²) < 4.78 is 32.6. The smallest absolute Gasteiger partial charge is 0.472 e. The molecule has 0 bridgehead atoms. The Balaban J connectivity index is 4.55. The first kappa shape index (κ1) is 52.4. The van der Waals surface area contributed by atoms with Gasteiger partial charge in [-0.1, -0.05) is 130 Å². The number of esters is 2. The zero-order valence-corrected chi connectivity index (χ0v) is 34.8. The van der Waals surface area contributed by atoms with Gasteiger partial charge in [-0.3, -0.25) is 23.4 Å². The molecule has 0 aromatic carbocycles. The molecule has 0 rings (SSSR count). The summed E-state index contributed by atoms with van der Waals surface area (Å²) in [6, 6.07) is -1.54. The van der Waals surface area contributed by atoms with Crippen molar-refractivity contribution in [2.45, 2.75) is 142 Å². The third-order valence-corrected chi connectivity index (χ3v) is 8.78. The van der Waals surface area contributed by atoms with Crippen LogP contribution < -0.4 is 5.73 Å². The van der Waals surface area contributed by atoms with Crippen LogP contribution in [0.1, 0.15) is 129 Å². The summed E-state index contributed by atoms with van der Waals surface area (Å²) in [6.45, 7) is 2.47. The average molecular weight is 804 g/mol. The molecule has 0 fully saturated rings. The lowest BCUT2D eigenvalue weighted by Gasteiger charge is -2.20. The lowest BCUT2D eigenvalue weighted by molar-refractivity contribution is -0.161. The predicted octanol–water partition coefficient (Wildman–Crippen LogP) is 10.5. The van der Waals surface area contributed by atoms with E-state index < -0.39 is 51.1 Å². The van der Waals surface area contributed by atoms with E-state index in [1.54, 1.807) is 0 Å². The molecule has 0 spiro atoms. The molecule has 0 aromatic heterocycles. The Kier molecular flexibility index (Phi) is 35.8. The van der Waals surface area contributed by atoms with Crippen LogP contribution in [0, 0.1) is 0 Å². The summed E-state index contributed by atoms with van der Waals surface area (Å²) in [6.07, 6.45) is 47.7. The molecule has 0 aliphatic rings. The molecule has 0 saturated heterocycles. The number of ether oxygens (including phenoxy) is 2. The van der Waals surface area contributed by atoms with Gasteiger partial charge in [0.1, 0.15) is 12.6 Å². The molecule has 0 saturated carbocycles. The lowest BCUT2D eigenvalue weighted by atomic mass is 10.1. The number of rotatable bonds is 36. The normalized spacial score (nSPS) is 14.8. The summed E-state index contributed by atoms with van der Waals surface area (Å²) in [5.41, 5.74) is 5.32. The molecule has 3 atom stereocenters. The molecule has 0 heterocycles. The third kappa shape index (κ3) is 37.3. The molecular formula is C44H70NO10P. The Morgan fingerprint density at radius 1 is 0.554 bits per heavy atom. The minimum absolute atomic E-state index is 0.123. The largest absolute Gasteiger partial charge is 0.480 e. The second-order valence-electron chi connectivity index (χ2n) is 13.0. The maximum atomic E-state index is 12.6. The number of carbonyl (C=O) groups excluding carboxylic acids is 2. The van der Waals surface area contributed by atoms with Gasteiger partial charge in [-0.2, -0.15) is 0 Å². The van der Waals surface area contributed by atoms with E-state index in [1.807, 2.05) is 12.2 Å². The second-order valence-corrected chi connectivity index (χ2v) is 14.5. The number of nitrogens with two attached hydrogens (primary N) is 1. The quantitative estimate of drug-likeness (QED) is 0.0238. The van der Waals surface area contributed by atoms with Crippen molar-refractivity contribution in [3.63, 3.8) is 0 Å². The summed E-state index contributed by atoms with van der Waals surface area (Å²) in [5.74, 6) is -2.49. The van der Waals surface area contributed by atoms with Gasteiger partial charge in [-0.05, 0) is 83.5 Å². The van der Waals surface area contributed by atoms with E-state index >= 15 is 0 Å². The number of hydrogen-bond donors (Lipinski definition) is 3. The van der Waals surface area contributed by atoms with Crippen molar-refractivity contribution in [1.29, 1.82) is 0 Å². The van der Waals surface area contributed by atoms with E-state index in [0.717, 1.165) is 83.5 Å². The topological polar surface area (TPSA) is 172 Å². The number of aliphatic carboxylic acids is 1. The molecule has 4 N–H and O–H groups in total. The Labute approximate surface area is 336 Å². The van der Waals surface area contributed by atoms with Gasteiger partial charge < -0.3 is 25.2 Å². The van der Waals surface area contributed by atoms with Crippen LogP contribution in [0.25, 0.3) is 0 Å². The predicted molar refractivity (Wildman–Crippen MR) is 226 cm³/mol. The molecule has 0 radical (unpaired) electrons. The zero-order valence-electron chi connectivity index (χ0n) is 33.9. The highest BCUT2D eigenvalue weighted by atomic mass is 31.2. The van der Waals surface area contributed by atoms with Crippen LogP contribution in [0.3, 0.4) is 0 Å². The first-order chi connectivity index (χ1) is 27.1. The third-order valence-electron chi connectivity index (χ3n) is 7.83. The van der Waals surface area contributed by atoms with Gasteiger partial charge in [0, 0.05) is 12.8 Å². The van der Waals surface area contributed by atoms with Gasteiger partial charge in [0.05, 0.1) is 13.2 Å². The molecule has 11 nitrogen and oxygen atoms in total. The van der Waals surface area contributed by atoms with E-state index in [0.29, 0.717) is 19.3 Å². The van der Waals surface area contributed by atoms with Crippen LogP contribution in [-0.4, -0.2) is 59.9 Å². The number of carboxylic acid groups (broad SMARTS) is 1. The summed E-state index contributed by atoms with van der Waals surface area (Å²) in [7, 11) is -4.74. The van der Waals surface area contributed by atoms with Crippen molar-refractivity contribution >= 4 is 25.7 Å². The minimum atomic E-state index is -4.74. The fourth-order valence-corrected chi connectivity index (χ4v) is 5.48. The van der Waals surface area contributed by atoms with Crippen molar-refractivity contribution < 1.29 is 47.5 Å². The van der Waals surface area contributed by atoms with E-state index in [1.165, 1.54) is 0 Å². The maximum Gasteiger partial charge on any atom is 0.472 e. The van der Waals surface area contributed by atoms with Gasteiger partial charge in [0.25, 0.3) is 0 Å². The molecule has 56 heavy (non-hydrogen) atoms. The van der Waals surface area contributed by atoms with E-state index in [-0.39, 0.29) is 19.4 Å². The van der Waals surface area contributed by atoms with Gasteiger partial charge in [0.2, 0.25) is 0 Å². The van der Waals surface area contributed by atoms with Crippen molar-refractivity contribution in [2.75, 3.05) is 19.8 Å². The number of unbranched alkanes of at least 4 members (excludes halogenated alkanes) is 6. The first-order valence-corrected chi connectivity index (χ1v) is 21.8. The first-order valence-electron chi connectivity index (χ1n) is 20.3. The fourth-order valence-electron chi connectivity index (χ4n) is 4.70. The summed E-state index contributed by atoms with van der Waals surface area (Å²) in [4.78, 5) is 45.9. The van der Waals surface area contributed by atoms with Gasteiger partial charge >= 0.3 is 25.7 Å². The standard InChI is InChI=1S/C44H70NO10P/c1-3-5-7-9-11-13-15-17-19-20-22-23-25-27-29-31-33-35-42(46)52-37-40(38-53-56(50,51)54-39-41(45)44(48)49)55-43(47)36-34-32-30-28-26-24-21-18-16-14-12-10-8-6-4-2/h5-8,11-14,17-19,21-23,27,29,40-41H,3-4,9-10,15-16,20,24-26,28,30-39,45H2,1-2H3,(H,48,49)(H,50,51)/b7-5-,8-6-,13-11-,14-12-,19-17-,21-18-,23-22-,29-27-/t40-,41+/m1/s1. The van der Waals surface area contributed by atoms with E-state index in [9.17, 15) is 23.8 Å². The van der Waals surface area contributed by atoms with Crippen LogP contribution in [0.4, 0.5) is 0 Å². The molecule has 12 heteroatoms. The van der Waals surface area contributed by atoms with Crippen LogP contribution in [0.15, 0.2) is 97.2 Å². The number of carbonyl (C=O) groups is 3. The van der Waals surface area contributed by atoms with Crippen molar-refractivity contribution in [3.8, 4) is 0 Å². The second kappa shape index (κ2) is 38.3. The number of phosphoric ester groups is 1. The van der Waals surface area contributed by atoms with E-state index in [4.69, 9.17) is 24.8 Å². The molecule has 0 aromatic rings. The van der Waals surface area contributed by atoms with Gasteiger partial charge in [0.15, 0.2) is 6.10 Å². The highest BCUT2D eigenvalue weighted by Crippen LogP contribution is 2.43. The lowest BCUT2D eigenvalue weighted by Crippen LogP contribution is -2.34. The molecule has 0 amide bonds. The Hall–Kier alpha value is -3.60. The summed E-state index contributed by atoms with van der Waals surface area (Å²) >= 11 is 0. The zero-order chi connectivity index (χ0) is 41.4. The number of phosphoric acid groups is 1. The SMILES string of the molecule is CC/C=C\C/C=C\C/C=C\C/C=C\C/C=C\CCCC(=O)OC[C@H](COP(=O)(O)OC[C@H](N)C(=O)O)OC(=O)CCCCCCC/C=C\C/C=C\C/C=C\CC. The van der Waals surface area contributed by atoms with Crippen LogP contribution >= 0.6 is 7.82 Å². The van der Waals surface area contributed by atoms with Crippen LogP contribution in [-0.2, 0) is 37.5 Å². The summed E-state index contributed by atoms with van der Waals surface area (Å²) in [5, 5.41) is 8.88. The number of carboxylic acids is 1. The maximum absolute atomic E-state index is 12.6. The fraction of sp³-hybridized carbons (Fsp3) is 0.568. The molecule has 1 unspecified atom stereocenters. The Morgan fingerprint density at radius 2 is 0.964 bits per heavy atom. The Bertz CT molecular complexity index is 1310. The highest BCUT2D eigenvalue weighted by Gasteiger charge is 2.28. The van der Waals surface area contributed by atoms with E-state index in [2.05, 4.69) is 103 Å². The molecule has 316 valence electrons. The van der Waals surface area contributed by atoms with Crippen molar-refractivity contribution in [2.24, 2.45) is 5.73 Å². The van der Waals surface area contributed by atoms with Crippen LogP contribution in [0.5, 0.6) is 0 Å². The number of hydrogen-bond acceptors (Lipinski definition) is 9. The molecular weight excluding hydrogens is 733 g/mol. The van der Waals surface area contributed by atoms with Gasteiger partial charge in [-0.25, -0.2) is 4.57 Å². The van der Waals surface area contributed by atoms with Crippen molar-refractivity contribution in [3.05, 3.63) is 97.2 Å². The van der Waals surface area contributed by atoms with Gasteiger partial charge in [-0.15, -0.1) is 0 Å². The molecule has 0 aliphatic carbocycles. The molecule has 0 aliphatic heterocycles. The monoisotopic (exact) mass is 803 g/mol. The Morgan fingerprint density at radius 3 is 1.46 bits per heavy atom. The minimum Gasteiger partial charge on any atom is -0.480 e.